The summed E-state index contributed by atoms with van der Waals surface area (Å²) < 4.78 is 6.65. The van der Waals surface area contributed by atoms with E-state index in [1.165, 1.54) is 4.57 Å². The fourth-order valence-corrected chi connectivity index (χ4v) is 1.85. The highest BCUT2D eigenvalue weighted by Gasteiger charge is 2.06. The van der Waals surface area contributed by atoms with E-state index in [4.69, 9.17) is 10.2 Å². The van der Waals surface area contributed by atoms with Crippen LogP contribution in [0.5, 0.6) is 0 Å². The van der Waals surface area contributed by atoms with E-state index in [0.717, 1.165) is 30.6 Å². The zero-order valence-corrected chi connectivity index (χ0v) is 10.8. The largest absolute Gasteiger partial charge is 0.419 e. The highest BCUT2D eigenvalue weighted by molar-refractivity contribution is 5.73. The first kappa shape index (κ1) is 12.9. The summed E-state index contributed by atoms with van der Waals surface area (Å²) in [5.41, 5.74) is 8.22. The van der Waals surface area contributed by atoms with Gasteiger partial charge in [0.15, 0.2) is 5.58 Å². The summed E-state index contributed by atoms with van der Waals surface area (Å²) in [6.07, 6.45) is 0.947. The molecule has 2 aromatic rings. The summed E-state index contributed by atoms with van der Waals surface area (Å²) in [5, 5.41) is 3.31. The smallest absolute Gasteiger partial charge is 0.408 e. The maximum absolute atomic E-state index is 11.4. The lowest BCUT2D eigenvalue weighted by molar-refractivity contribution is 0.527. The van der Waals surface area contributed by atoms with Crippen molar-refractivity contribution in [1.82, 2.24) is 9.88 Å². The zero-order valence-electron chi connectivity index (χ0n) is 10.8. The number of nitrogens with two attached hydrogens (primary N) is 1. The molecule has 0 saturated heterocycles. The second kappa shape index (κ2) is 5.37. The molecular formula is C13H19N3O2. The molecule has 0 aliphatic heterocycles. The molecule has 1 atom stereocenters. The van der Waals surface area contributed by atoms with Crippen molar-refractivity contribution >= 4 is 11.1 Å². The van der Waals surface area contributed by atoms with Gasteiger partial charge in [0, 0.05) is 19.6 Å². The van der Waals surface area contributed by atoms with Crippen LogP contribution in [0.2, 0.25) is 0 Å². The lowest BCUT2D eigenvalue weighted by Gasteiger charge is -2.07. The summed E-state index contributed by atoms with van der Waals surface area (Å²) in [6, 6.07) is 6.02. The molecular weight excluding hydrogens is 230 g/mol. The van der Waals surface area contributed by atoms with E-state index in [1.54, 1.807) is 7.05 Å². The van der Waals surface area contributed by atoms with Crippen LogP contribution in [-0.4, -0.2) is 17.2 Å². The Hall–Kier alpha value is -1.59. The van der Waals surface area contributed by atoms with Crippen molar-refractivity contribution in [3.05, 3.63) is 34.3 Å². The van der Waals surface area contributed by atoms with Crippen molar-refractivity contribution < 1.29 is 4.42 Å². The van der Waals surface area contributed by atoms with E-state index in [2.05, 4.69) is 5.32 Å². The Bertz CT molecular complexity index is 583. The molecule has 0 bridgehead atoms. The molecule has 0 aliphatic carbocycles. The minimum Gasteiger partial charge on any atom is -0.408 e. The van der Waals surface area contributed by atoms with Gasteiger partial charge in [-0.2, -0.15) is 0 Å². The van der Waals surface area contributed by atoms with Crippen LogP contribution >= 0.6 is 0 Å². The summed E-state index contributed by atoms with van der Waals surface area (Å²) in [4.78, 5) is 11.4. The van der Waals surface area contributed by atoms with Crippen molar-refractivity contribution in [2.24, 2.45) is 12.8 Å². The highest BCUT2D eigenvalue weighted by atomic mass is 16.4. The van der Waals surface area contributed by atoms with E-state index in [-0.39, 0.29) is 11.8 Å². The average molecular weight is 249 g/mol. The van der Waals surface area contributed by atoms with Gasteiger partial charge < -0.3 is 15.5 Å². The Kier molecular flexibility index (Phi) is 3.84. The maximum atomic E-state index is 11.4. The second-order valence-corrected chi connectivity index (χ2v) is 4.67. The van der Waals surface area contributed by atoms with Gasteiger partial charge in [0.25, 0.3) is 0 Å². The molecule has 2 rings (SSSR count). The summed E-state index contributed by atoms with van der Waals surface area (Å²) in [6.45, 7) is 3.63. The first-order valence-corrected chi connectivity index (χ1v) is 6.12. The third-order valence-corrected chi connectivity index (χ3v) is 2.96. The van der Waals surface area contributed by atoms with Gasteiger partial charge in [0.2, 0.25) is 0 Å². The number of aryl methyl sites for hydroxylation is 1. The summed E-state index contributed by atoms with van der Waals surface area (Å²) >= 11 is 0. The van der Waals surface area contributed by atoms with Gasteiger partial charge in [-0.3, -0.25) is 4.57 Å². The van der Waals surface area contributed by atoms with Gasteiger partial charge in [-0.05, 0) is 37.6 Å². The molecule has 5 nitrogen and oxygen atoms in total. The Morgan fingerprint density at radius 2 is 2.28 bits per heavy atom. The molecule has 18 heavy (non-hydrogen) atoms. The molecule has 1 aromatic carbocycles. The van der Waals surface area contributed by atoms with Crippen LogP contribution in [0.1, 0.15) is 18.9 Å². The Morgan fingerprint density at radius 1 is 1.50 bits per heavy atom. The number of rotatable bonds is 5. The molecule has 98 valence electrons. The number of nitrogens with zero attached hydrogens (tertiary/aromatic N) is 1. The van der Waals surface area contributed by atoms with Crippen molar-refractivity contribution in [3.63, 3.8) is 0 Å². The molecule has 1 unspecified atom stereocenters. The van der Waals surface area contributed by atoms with E-state index >= 15 is 0 Å². The number of aromatic nitrogens is 1. The van der Waals surface area contributed by atoms with Crippen LogP contribution < -0.4 is 16.8 Å². The minimum atomic E-state index is -0.327. The molecule has 0 fully saturated rings. The van der Waals surface area contributed by atoms with E-state index in [1.807, 2.05) is 25.1 Å². The standard InChI is InChI=1S/C13H19N3O2/c1-9(14)5-6-15-8-10-3-4-11-12(7-10)18-13(17)16(11)2/h3-4,7,9,15H,5-6,8,14H2,1-2H3. The van der Waals surface area contributed by atoms with Gasteiger partial charge in [0.1, 0.15) is 0 Å². The zero-order chi connectivity index (χ0) is 13.1. The van der Waals surface area contributed by atoms with Crippen LogP contribution in [0.4, 0.5) is 0 Å². The van der Waals surface area contributed by atoms with Crippen molar-refractivity contribution in [1.29, 1.82) is 0 Å². The van der Waals surface area contributed by atoms with Crippen LogP contribution in [0.25, 0.3) is 11.1 Å². The molecule has 1 aromatic heterocycles. The normalized spacial score (nSPS) is 13.1. The Balaban J connectivity index is 2.04. The topological polar surface area (TPSA) is 73.2 Å². The molecule has 0 radical (unpaired) electrons. The number of hydrogen-bond donors (Lipinski definition) is 2. The molecule has 0 saturated carbocycles. The van der Waals surface area contributed by atoms with Gasteiger partial charge in [-0.15, -0.1) is 0 Å². The molecule has 5 heteroatoms. The highest BCUT2D eigenvalue weighted by Crippen LogP contribution is 2.14. The van der Waals surface area contributed by atoms with Gasteiger partial charge in [0.05, 0.1) is 5.52 Å². The first-order chi connectivity index (χ1) is 8.58. The lowest BCUT2D eigenvalue weighted by Crippen LogP contribution is -2.23. The van der Waals surface area contributed by atoms with Crippen LogP contribution in [-0.2, 0) is 13.6 Å². The van der Waals surface area contributed by atoms with Gasteiger partial charge >= 0.3 is 5.76 Å². The molecule has 0 spiro atoms. The van der Waals surface area contributed by atoms with Crippen molar-refractivity contribution in [2.75, 3.05) is 6.54 Å². The predicted octanol–water partition coefficient (Wildman–Crippen LogP) is 0.958. The van der Waals surface area contributed by atoms with E-state index < -0.39 is 0 Å². The quantitative estimate of drug-likeness (QED) is 0.774. The fraction of sp³-hybridized carbons (Fsp3) is 0.462. The van der Waals surface area contributed by atoms with Crippen molar-refractivity contribution in [3.8, 4) is 0 Å². The number of fused-ring (bicyclic) bond motifs is 1. The Labute approximate surface area is 106 Å². The monoisotopic (exact) mass is 249 g/mol. The minimum absolute atomic E-state index is 0.215. The van der Waals surface area contributed by atoms with Gasteiger partial charge in [-0.1, -0.05) is 6.07 Å². The predicted molar refractivity (Wildman–Crippen MR) is 71.4 cm³/mol. The van der Waals surface area contributed by atoms with E-state index in [0.29, 0.717) is 5.58 Å². The number of benzene rings is 1. The summed E-state index contributed by atoms with van der Waals surface area (Å²) in [5.74, 6) is -0.327. The molecule has 0 amide bonds. The fourth-order valence-electron chi connectivity index (χ4n) is 1.85. The molecule has 0 aliphatic rings. The number of oxazole rings is 1. The van der Waals surface area contributed by atoms with Crippen LogP contribution in [0, 0.1) is 0 Å². The van der Waals surface area contributed by atoms with E-state index in [9.17, 15) is 4.79 Å². The maximum Gasteiger partial charge on any atom is 0.419 e. The number of hydrogen-bond acceptors (Lipinski definition) is 4. The van der Waals surface area contributed by atoms with Crippen LogP contribution in [0.15, 0.2) is 27.4 Å². The first-order valence-electron chi connectivity index (χ1n) is 6.12. The van der Waals surface area contributed by atoms with Crippen LogP contribution in [0.3, 0.4) is 0 Å². The lowest BCUT2D eigenvalue weighted by atomic mass is 10.2. The Morgan fingerprint density at radius 3 is 3.00 bits per heavy atom. The third kappa shape index (κ3) is 2.80. The summed E-state index contributed by atoms with van der Waals surface area (Å²) in [7, 11) is 1.70. The second-order valence-electron chi connectivity index (χ2n) is 4.67. The van der Waals surface area contributed by atoms with Crippen molar-refractivity contribution in [2.45, 2.75) is 25.9 Å². The SMILES string of the molecule is CC(N)CCNCc1ccc2c(c1)oc(=O)n2C. The molecule has 1 heterocycles. The van der Waals surface area contributed by atoms with Gasteiger partial charge in [-0.25, -0.2) is 4.79 Å². The average Bonchev–Trinajstić information content (AvgIpc) is 2.60. The number of nitrogens with one attached hydrogen (secondary N) is 1. The molecule has 3 N–H and O–H groups in total. The third-order valence-electron chi connectivity index (χ3n) is 2.96.